The van der Waals surface area contributed by atoms with Gasteiger partial charge in [0.25, 0.3) is 0 Å². The first-order valence-corrected chi connectivity index (χ1v) is 6.14. The third-order valence-electron chi connectivity index (χ3n) is 2.65. The lowest BCUT2D eigenvalue weighted by Crippen LogP contribution is -2.18. The number of nitriles is 1. The average Bonchev–Trinajstić information content (AvgIpc) is 2.80. The van der Waals surface area contributed by atoms with Crippen molar-refractivity contribution in [1.82, 2.24) is 0 Å². The molecular formula is C12H13BrN2O. The van der Waals surface area contributed by atoms with Gasteiger partial charge in [0.2, 0.25) is 0 Å². The first-order chi connectivity index (χ1) is 7.79. The Labute approximate surface area is 104 Å². The second kappa shape index (κ2) is 5.33. The molecule has 3 nitrogen and oxygen atoms in total. The number of nitrogens with one attached hydrogen (secondary N) is 1. The maximum atomic E-state index is 8.99. The first kappa shape index (κ1) is 11.4. The zero-order valence-electron chi connectivity index (χ0n) is 8.87. The minimum Gasteiger partial charge on any atom is -0.381 e. The third-order valence-corrected chi connectivity index (χ3v) is 3.14. The Bertz CT molecular complexity index is 408. The average molecular weight is 281 g/mol. The van der Waals surface area contributed by atoms with Crippen LogP contribution in [0.15, 0.2) is 22.7 Å². The van der Waals surface area contributed by atoms with Crippen LogP contribution in [-0.2, 0) is 4.74 Å². The van der Waals surface area contributed by atoms with Gasteiger partial charge in [-0.2, -0.15) is 5.26 Å². The Morgan fingerprint density at radius 1 is 1.56 bits per heavy atom. The monoisotopic (exact) mass is 280 g/mol. The van der Waals surface area contributed by atoms with Crippen LogP contribution >= 0.6 is 15.9 Å². The van der Waals surface area contributed by atoms with Crippen LogP contribution in [0.3, 0.4) is 0 Å². The minimum atomic E-state index is 0.287. The molecule has 1 heterocycles. The van der Waals surface area contributed by atoms with Gasteiger partial charge < -0.3 is 10.1 Å². The van der Waals surface area contributed by atoms with Gasteiger partial charge in [0.1, 0.15) is 6.07 Å². The molecule has 1 saturated heterocycles. The maximum absolute atomic E-state index is 8.99. The van der Waals surface area contributed by atoms with Gasteiger partial charge in [-0.3, -0.25) is 0 Å². The summed E-state index contributed by atoms with van der Waals surface area (Å²) in [4.78, 5) is 0. The smallest absolute Gasteiger partial charge is 0.101 e. The molecule has 4 heteroatoms. The number of hydrogen-bond donors (Lipinski definition) is 1. The normalized spacial score (nSPS) is 19.4. The second-order valence-corrected chi connectivity index (χ2v) is 4.73. The van der Waals surface area contributed by atoms with Crippen molar-refractivity contribution in [2.24, 2.45) is 0 Å². The Hall–Kier alpha value is -1.05. The molecule has 0 spiro atoms. The summed E-state index contributed by atoms with van der Waals surface area (Å²) in [5.74, 6) is 0. The Balaban J connectivity index is 2.00. The van der Waals surface area contributed by atoms with Crippen LogP contribution in [0, 0.1) is 11.3 Å². The number of ether oxygens (including phenoxy) is 1. The van der Waals surface area contributed by atoms with Crippen molar-refractivity contribution in [2.75, 3.05) is 18.5 Å². The molecule has 1 fully saturated rings. The fraction of sp³-hybridized carbons (Fsp3) is 0.417. The highest BCUT2D eigenvalue weighted by Crippen LogP contribution is 2.21. The summed E-state index contributed by atoms with van der Waals surface area (Å²) in [6, 6.07) is 7.84. The van der Waals surface area contributed by atoms with E-state index in [0.29, 0.717) is 5.56 Å². The summed E-state index contributed by atoms with van der Waals surface area (Å²) < 4.78 is 6.44. The molecule has 1 aromatic rings. The quantitative estimate of drug-likeness (QED) is 0.926. The lowest BCUT2D eigenvalue weighted by Gasteiger charge is -2.12. The van der Waals surface area contributed by atoms with Gasteiger partial charge in [-0.25, -0.2) is 0 Å². The summed E-state index contributed by atoms with van der Waals surface area (Å²) in [5.41, 5.74) is 1.54. The summed E-state index contributed by atoms with van der Waals surface area (Å²) in [5, 5.41) is 12.3. The molecule has 0 aliphatic carbocycles. The number of rotatable bonds is 3. The van der Waals surface area contributed by atoms with Gasteiger partial charge in [-0.05, 0) is 31.0 Å². The van der Waals surface area contributed by atoms with Crippen molar-refractivity contribution < 1.29 is 4.74 Å². The zero-order chi connectivity index (χ0) is 11.4. The molecule has 0 amide bonds. The van der Waals surface area contributed by atoms with Crippen LogP contribution in [0.25, 0.3) is 0 Å². The van der Waals surface area contributed by atoms with E-state index in [1.54, 1.807) is 0 Å². The Morgan fingerprint density at radius 3 is 3.12 bits per heavy atom. The molecule has 16 heavy (non-hydrogen) atoms. The van der Waals surface area contributed by atoms with E-state index in [9.17, 15) is 0 Å². The van der Waals surface area contributed by atoms with Crippen molar-refractivity contribution in [2.45, 2.75) is 18.9 Å². The highest BCUT2D eigenvalue weighted by atomic mass is 79.9. The van der Waals surface area contributed by atoms with E-state index in [-0.39, 0.29) is 6.10 Å². The molecule has 0 saturated carbocycles. The van der Waals surface area contributed by atoms with Crippen LogP contribution < -0.4 is 5.32 Å². The van der Waals surface area contributed by atoms with Crippen LogP contribution in [0.1, 0.15) is 18.4 Å². The van der Waals surface area contributed by atoms with E-state index in [1.165, 1.54) is 0 Å². The highest BCUT2D eigenvalue weighted by Gasteiger charge is 2.15. The van der Waals surface area contributed by atoms with Gasteiger partial charge in [-0.15, -0.1) is 0 Å². The molecule has 1 atom stereocenters. The standard InChI is InChI=1S/C12H13BrN2O/c13-10-3-4-12(9(6-10)7-14)15-8-11-2-1-5-16-11/h3-4,6,11,15H,1-2,5,8H2. The zero-order valence-corrected chi connectivity index (χ0v) is 10.5. The van der Waals surface area contributed by atoms with E-state index in [4.69, 9.17) is 10.00 Å². The molecular weight excluding hydrogens is 268 g/mol. The number of halogens is 1. The molecule has 2 rings (SSSR count). The van der Waals surface area contributed by atoms with Gasteiger partial charge in [-0.1, -0.05) is 15.9 Å². The molecule has 1 unspecified atom stereocenters. The molecule has 1 aromatic carbocycles. The van der Waals surface area contributed by atoms with Gasteiger partial charge in [0, 0.05) is 17.6 Å². The van der Waals surface area contributed by atoms with Crippen molar-refractivity contribution in [3.63, 3.8) is 0 Å². The van der Waals surface area contributed by atoms with E-state index >= 15 is 0 Å². The highest BCUT2D eigenvalue weighted by molar-refractivity contribution is 9.10. The summed E-state index contributed by atoms with van der Waals surface area (Å²) in [6.45, 7) is 1.63. The van der Waals surface area contributed by atoms with Crippen molar-refractivity contribution in [3.8, 4) is 6.07 Å². The molecule has 0 bridgehead atoms. The summed E-state index contributed by atoms with van der Waals surface area (Å²) in [6.07, 6.45) is 2.53. The SMILES string of the molecule is N#Cc1cc(Br)ccc1NCC1CCCO1. The fourth-order valence-electron chi connectivity index (χ4n) is 1.79. The minimum absolute atomic E-state index is 0.287. The maximum Gasteiger partial charge on any atom is 0.101 e. The van der Waals surface area contributed by atoms with Gasteiger partial charge >= 0.3 is 0 Å². The predicted molar refractivity (Wildman–Crippen MR) is 66.3 cm³/mol. The van der Waals surface area contributed by atoms with Gasteiger partial charge in [0.05, 0.1) is 17.4 Å². The van der Waals surface area contributed by atoms with Crippen LogP contribution in [-0.4, -0.2) is 19.3 Å². The van der Waals surface area contributed by atoms with Crippen molar-refractivity contribution in [1.29, 1.82) is 5.26 Å². The molecule has 0 aromatic heterocycles. The topological polar surface area (TPSA) is 45.0 Å². The number of hydrogen-bond acceptors (Lipinski definition) is 3. The van der Waals surface area contributed by atoms with E-state index in [2.05, 4.69) is 27.3 Å². The molecule has 0 radical (unpaired) electrons. The van der Waals surface area contributed by atoms with Crippen LogP contribution in [0.4, 0.5) is 5.69 Å². The largest absolute Gasteiger partial charge is 0.381 e. The molecule has 1 aliphatic rings. The molecule has 1 N–H and O–H groups in total. The lowest BCUT2D eigenvalue weighted by molar-refractivity contribution is 0.120. The van der Waals surface area contributed by atoms with Crippen LogP contribution in [0.2, 0.25) is 0 Å². The number of benzene rings is 1. The van der Waals surface area contributed by atoms with Gasteiger partial charge in [0.15, 0.2) is 0 Å². The second-order valence-electron chi connectivity index (χ2n) is 3.82. The first-order valence-electron chi connectivity index (χ1n) is 5.35. The van der Waals surface area contributed by atoms with E-state index < -0.39 is 0 Å². The Morgan fingerprint density at radius 2 is 2.44 bits per heavy atom. The fourth-order valence-corrected chi connectivity index (χ4v) is 2.15. The van der Waals surface area contributed by atoms with Crippen molar-refractivity contribution in [3.05, 3.63) is 28.2 Å². The Kier molecular flexibility index (Phi) is 3.81. The lowest BCUT2D eigenvalue weighted by atomic mass is 10.2. The summed E-state index contributed by atoms with van der Waals surface area (Å²) >= 11 is 3.35. The number of nitrogens with zero attached hydrogens (tertiary/aromatic N) is 1. The van der Waals surface area contributed by atoms with Crippen molar-refractivity contribution >= 4 is 21.6 Å². The molecule has 1 aliphatic heterocycles. The third kappa shape index (κ3) is 2.75. The molecule has 84 valence electrons. The van der Waals surface area contributed by atoms with E-state index in [1.807, 2.05) is 18.2 Å². The number of anilines is 1. The summed E-state index contributed by atoms with van der Waals surface area (Å²) in [7, 11) is 0. The van der Waals surface area contributed by atoms with E-state index in [0.717, 1.165) is 36.2 Å². The van der Waals surface area contributed by atoms with Crippen LogP contribution in [0.5, 0.6) is 0 Å². The predicted octanol–water partition coefficient (Wildman–Crippen LogP) is 2.91.